The van der Waals surface area contributed by atoms with E-state index in [9.17, 15) is 0 Å². The molecule has 0 amide bonds. The largest absolute Gasteiger partial charge is 0.411 e. The van der Waals surface area contributed by atoms with Gasteiger partial charge in [-0.15, -0.1) is 15.0 Å². The predicted molar refractivity (Wildman–Crippen MR) is 127 cm³/mol. The van der Waals surface area contributed by atoms with Gasteiger partial charge in [0.25, 0.3) is 0 Å². The second-order valence-electron chi connectivity index (χ2n) is 7.54. The summed E-state index contributed by atoms with van der Waals surface area (Å²) < 4.78 is 0. The minimum atomic E-state index is -0.838. The lowest BCUT2D eigenvalue weighted by Gasteiger charge is -2.34. The minimum absolute atomic E-state index is 0.442. The van der Waals surface area contributed by atoms with Gasteiger partial charge in [0.2, 0.25) is 5.82 Å². The Morgan fingerprint density at radius 3 is 1.67 bits per heavy atom. The van der Waals surface area contributed by atoms with E-state index in [2.05, 4.69) is 51.9 Å². The molecule has 0 saturated heterocycles. The molecule has 6 heteroatoms. The van der Waals surface area contributed by atoms with E-state index in [1.807, 2.05) is 78.9 Å². The maximum Gasteiger partial charge on any atom is 0.205 e. The maximum atomic E-state index is 9.08. The minimum Gasteiger partial charge on any atom is -0.411 e. The number of nitrogens with zero attached hydrogens (tertiary/aromatic N) is 5. The van der Waals surface area contributed by atoms with E-state index in [0.717, 1.165) is 22.3 Å². The molecule has 0 atom stereocenters. The molecule has 1 N–H and O–H groups in total. The van der Waals surface area contributed by atoms with Gasteiger partial charge in [-0.1, -0.05) is 120 Å². The Morgan fingerprint density at radius 2 is 1.15 bits per heavy atom. The quantitative estimate of drug-likeness (QED) is 0.178. The highest BCUT2D eigenvalue weighted by atomic mass is 16.4. The summed E-state index contributed by atoms with van der Waals surface area (Å²) in [6.07, 6.45) is 1.37. The van der Waals surface area contributed by atoms with Crippen LogP contribution in [0.3, 0.4) is 0 Å². The van der Waals surface area contributed by atoms with Crippen molar-refractivity contribution in [3.05, 3.63) is 138 Å². The van der Waals surface area contributed by atoms with Crippen LogP contribution >= 0.6 is 0 Å². The van der Waals surface area contributed by atoms with Crippen molar-refractivity contribution in [2.45, 2.75) is 5.54 Å². The molecule has 0 bridgehead atoms. The van der Waals surface area contributed by atoms with Crippen molar-refractivity contribution in [1.82, 2.24) is 20.2 Å². The smallest absolute Gasteiger partial charge is 0.205 e. The molecule has 0 radical (unpaired) electrons. The van der Waals surface area contributed by atoms with Crippen molar-refractivity contribution in [3.63, 3.8) is 0 Å². The van der Waals surface area contributed by atoms with E-state index in [4.69, 9.17) is 10.3 Å². The highest BCUT2D eigenvalue weighted by molar-refractivity contribution is 5.88. The van der Waals surface area contributed by atoms with Crippen molar-refractivity contribution >= 4 is 6.21 Å². The number of tetrazole rings is 1. The fourth-order valence-electron chi connectivity index (χ4n) is 4.22. The SMILES string of the molecule is O/N=C/c1ccccc1-c1nnn(C(c2ccccc2)(c2ccccc2)c2ccccc2)n1. The Morgan fingerprint density at radius 1 is 0.667 bits per heavy atom. The van der Waals surface area contributed by atoms with Gasteiger partial charge in [0.1, 0.15) is 0 Å². The topological polar surface area (TPSA) is 76.2 Å². The van der Waals surface area contributed by atoms with Crippen LogP contribution < -0.4 is 0 Å². The van der Waals surface area contributed by atoms with Crippen LogP contribution in [-0.2, 0) is 5.54 Å². The van der Waals surface area contributed by atoms with Crippen molar-refractivity contribution < 1.29 is 5.21 Å². The molecular weight excluding hydrogens is 410 g/mol. The first-order chi connectivity index (χ1) is 16.3. The lowest BCUT2D eigenvalue weighted by atomic mass is 9.77. The van der Waals surface area contributed by atoms with Gasteiger partial charge in [-0.3, -0.25) is 0 Å². The van der Waals surface area contributed by atoms with E-state index in [1.165, 1.54) is 6.21 Å². The van der Waals surface area contributed by atoms with Crippen molar-refractivity contribution in [3.8, 4) is 11.4 Å². The summed E-state index contributed by atoms with van der Waals surface area (Å²) in [6, 6.07) is 38.0. The van der Waals surface area contributed by atoms with Crippen LogP contribution in [0.25, 0.3) is 11.4 Å². The third kappa shape index (κ3) is 3.57. The number of hydrogen-bond donors (Lipinski definition) is 1. The number of oxime groups is 1. The van der Waals surface area contributed by atoms with Crippen LogP contribution in [0, 0.1) is 0 Å². The summed E-state index contributed by atoms with van der Waals surface area (Å²) in [6.45, 7) is 0. The zero-order valence-corrected chi connectivity index (χ0v) is 17.7. The van der Waals surface area contributed by atoms with Crippen LogP contribution in [0.2, 0.25) is 0 Å². The molecule has 1 aromatic heterocycles. The monoisotopic (exact) mass is 431 g/mol. The lowest BCUT2D eigenvalue weighted by molar-refractivity contribution is 0.322. The van der Waals surface area contributed by atoms with Gasteiger partial charge in [-0.2, -0.15) is 0 Å². The van der Waals surface area contributed by atoms with E-state index < -0.39 is 5.54 Å². The molecule has 4 aromatic carbocycles. The molecule has 0 spiro atoms. The van der Waals surface area contributed by atoms with Gasteiger partial charge in [0.05, 0.1) is 6.21 Å². The predicted octanol–water partition coefficient (Wildman–Crippen LogP) is 4.99. The molecule has 6 nitrogen and oxygen atoms in total. The van der Waals surface area contributed by atoms with Crippen LogP contribution in [-0.4, -0.2) is 31.6 Å². The highest BCUT2D eigenvalue weighted by Crippen LogP contribution is 2.39. The summed E-state index contributed by atoms with van der Waals surface area (Å²) in [5.41, 5.74) is 3.62. The highest BCUT2D eigenvalue weighted by Gasteiger charge is 2.41. The molecule has 0 aliphatic rings. The van der Waals surface area contributed by atoms with Crippen molar-refractivity contribution in [2.24, 2.45) is 5.16 Å². The summed E-state index contributed by atoms with van der Waals surface area (Å²) in [5.74, 6) is 0.442. The molecule has 0 aliphatic heterocycles. The van der Waals surface area contributed by atoms with Gasteiger partial charge < -0.3 is 5.21 Å². The first-order valence-electron chi connectivity index (χ1n) is 10.6. The standard InChI is InChI=1S/C27H21N5O/c33-28-20-21-12-10-11-19-25(21)26-29-31-32(30-26)27(22-13-4-1-5-14-22,23-15-6-2-7-16-23)24-17-8-3-9-18-24/h1-20,33H/b28-20+. The normalized spacial score (nSPS) is 11.6. The van der Waals surface area contributed by atoms with Gasteiger partial charge in [-0.25, -0.2) is 0 Å². The van der Waals surface area contributed by atoms with Crippen molar-refractivity contribution in [1.29, 1.82) is 0 Å². The summed E-state index contributed by atoms with van der Waals surface area (Å²) in [5, 5.41) is 26.1. The fourth-order valence-corrected chi connectivity index (χ4v) is 4.22. The van der Waals surface area contributed by atoms with Gasteiger partial charge in [-0.05, 0) is 21.9 Å². The Bertz CT molecular complexity index is 1270. The average Bonchev–Trinajstić information content (AvgIpc) is 3.37. The summed E-state index contributed by atoms with van der Waals surface area (Å²) in [7, 11) is 0. The van der Waals surface area contributed by atoms with E-state index >= 15 is 0 Å². The fraction of sp³-hybridized carbons (Fsp3) is 0.0370. The van der Waals surface area contributed by atoms with E-state index in [1.54, 1.807) is 4.80 Å². The van der Waals surface area contributed by atoms with Gasteiger partial charge in [0, 0.05) is 11.1 Å². The summed E-state index contributed by atoms with van der Waals surface area (Å²) >= 11 is 0. The number of rotatable bonds is 6. The summed E-state index contributed by atoms with van der Waals surface area (Å²) in [4.78, 5) is 1.68. The zero-order chi connectivity index (χ0) is 22.5. The van der Waals surface area contributed by atoms with Crippen LogP contribution in [0.15, 0.2) is 120 Å². The zero-order valence-electron chi connectivity index (χ0n) is 17.7. The first kappa shape index (κ1) is 20.3. The number of benzene rings is 4. The molecule has 0 saturated carbocycles. The second-order valence-corrected chi connectivity index (χ2v) is 7.54. The molecule has 0 unspecified atom stereocenters. The third-order valence-corrected chi connectivity index (χ3v) is 5.69. The Balaban J connectivity index is 1.80. The van der Waals surface area contributed by atoms with E-state index in [0.29, 0.717) is 11.4 Å². The Kier molecular flexibility index (Phi) is 5.47. The molecule has 0 aliphatic carbocycles. The molecule has 33 heavy (non-hydrogen) atoms. The molecule has 0 fully saturated rings. The first-order valence-corrected chi connectivity index (χ1v) is 10.6. The Hall–Kier alpha value is -4.58. The molecule has 1 heterocycles. The van der Waals surface area contributed by atoms with Gasteiger partial charge in [0.15, 0.2) is 5.54 Å². The second kappa shape index (κ2) is 8.88. The van der Waals surface area contributed by atoms with E-state index in [-0.39, 0.29) is 0 Å². The maximum absolute atomic E-state index is 9.08. The van der Waals surface area contributed by atoms with Crippen molar-refractivity contribution in [2.75, 3.05) is 0 Å². The van der Waals surface area contributed by atoms with Crippen LogP contribution in [0.1, 0.15) is 22.3 Å². The lowest BCUT2D eigenvalue weighted by Crippen LogP contribution is -2.39. The number of aromatic nitrogens is 4. The molecule has 5 rings (SSSR count). The van der Waals surface area contributed by atoms with Gasteiger partial charge >= 0.3 is 0 Å². The molecule has 160 valence electrons. The molecular formula is C27H21N5O. The average molecular weight is 431 g/mol. The Labute approximate surface area is 191 Å². The molecule has 5 aromatic rings. The van der Waals surface area contributed by atoms with Crippen LogP contribution in [0.4, 0.5) is 0 Å². The third-order valence-electron chi connectivity index (χ3n) is 5.69. The number of hydrogen-bond acceptors (Lipinski definition) is 5. The van der Waals surface area contributed by atoms with Crippen LogP contribution in [0.5, 0.6) is 0 Å².